The average Bonchev–Trinajstić information content (AvgIpc) is 2.73. The second kappa shape index (κ2) is 7.82. The highest BCUT2D eigenvalue weighted by atomic mass is 35.5. The van der Waals surface area contributed by atoms with Gasteiger partial charge in [0.25, 0.3) is 0 Å². The van der Waals surface area contributed by atoms with Crippen molar-refractivity contribution in [3.8, 4) is 0 Å². The van der Waals surface area contributed by atoms with Crippen LogP contribution < -0.4 is 10.2 Å². The smallest absolute Gasteiger partial charge is 0.248 e. The molecule has 1 aliphatic rings. The lowest BCUT2D eigenvalue weighted by Gasteiger charge is -2.36. The van der Waals surface area contributed by atoms with Crippen molar-refractivity contribution in [1.29, 1.82) is 0 Å². The number of carbonyl (C=O) groups excluding carboxylic acids is 1. The maximum absolute atomic E-state index is 13.1. The van der Waals surface area contributed by atoms with Crippen LogP contribution in [0.2, 0.25) is 5.02 Å². The van der Waals surface area contributed by atoms with Gasteiger partial charge < -0.3 is 10.2 Å². The summed E-state index contributed by atoms with van der Waals surface area (Å²) in [5.41, 5.74) is 1.20. The third-order valence-electron chi connectivity index (χ3n) is 4.46. The largest absolute Gasteiger partial charge is 0.324 e. The molecule has 3 aromatic rings. The molecule has 4 rings (SSSR count). The van der Waals surface area contributed by atoms with Crippen LogP contribution in [0.3, 0.4) is 0 Å². The lowest BCUT2D eigenvalue weighted by atomic mass is 10.3. The Morgan fingerprint density at radius 1 is 1.03 bits per heavy atom. The molecule has 0 spiro atoms. The number of halogens is 1. The molecule has 0 atom stereocenters. The van der Waals surface area contributed by atoms with Crippen molar-refractivity contribution in [3.63, 3.8) is 0 Å². The number of carbonyl (C=O) groups is 1. The number of aromatic nitrogens is 1. The standard InChI is InChI=1S/C20H17ClN4O3S/c21-16-9-4-5-10-17(16)23-19(26)13-24-14-25(15-7-2-1-3-8-15)20-18(29(24,27)28)11-6-12-22-20/h1-12H,13-14H2,(H,23,26). The molecule has 1 aromatic heterocycles. The maximum atomic E-state index is 13.1. The van der Waals surface area contributed by atoms with Gasteiger partial charge in [-0.2, -0.15) is 4.31 Å². The predicted molar refractivity (Wildman–Crippen MR) is 112 cm³/mol. The summed E-state index contributed by atoms with van der Waals surface area (Å²) in [6.45, 7) is -0.391. The molecule has 0 radical (unpaired) electrons. The number of rotatable bonds is 4. The van der Waals surface area contributed by atoms with Crippen molar-refractivity contribution in [2.24, 2.45) is 0 Å². The highest BCUT2D eigenvalue weighted by molar-refractivity contribution is 7.89. The Kier molecular flexibility index (Phi) is 5.23. The van der Waals surface area contributed by atoms with Gasteiger partial charge in [-0.15, -0.1) is 0 Å². The van der Waals surface area contributed by atoms with Gasteiger partial charge in [-0.25, -0.2) is 13.4 Å². The Hall–Kier alpha value is -2.94. The molecule has 9 heteroatoms. The third kappa shape index (κ3) is 3.82. The summed E-state index contributed by atoms with van der Waals surface area (Å²) < 4.78 is 27.3. The van der Waals surface area contributed by atoms with Crippen LogP contribution in [0.15, 0.2) is 77.8 Å². The van der Waals surface area contributed by atoms with Crippen LogP contribution in [-0.4, -0.2) is 36.8 Å². The first-order chi connectivity index (χ1) is 14.0. The molecule has 148 valence electrons. The van der Waals surface area contributed by atoms with Gasteiger partial charge in [0, 0.05) is 11.9 Å². The van der Waals surface area contributed by atoms with E-state index in [0.29, 0.717) is 16.5 Å². The number of anilines is 3. The van der Waals surface area contributed by atoms with E-state index in [1.54, 1.807) is 41.4 Å². The van der Waals surface area contributed by atoms with Crippen LogP contribution in [-0.2, 0) is 14.8 Å². The van der Waals surface area contributed by atoms with E-state index < -0.39 is 15.9 Å². The molecule has 0 fully saturated rings. The Bertz CT molecular complexity index is 1160. The summed E-state index contributed by atoms with van der Waals surface area (Å²) in [5, 5.41) is 3.04. The van der Waals surface area contributed by atoms with Crippen LogP contribution in [0.5, 0.6) is 0 Å². The van der Waals surface area contributed by atoms with Gasteiger partial charge in [-0.05, 0) is 36.4 Å². The Morgan fingerprint density at radius 2 is 1.76 bits per heavy atom. The molecule has 29 heavy (non-hydrogen) atoms. The number of nitrogens with zero attached hydrogens (tertiary/aromatic N) is 3. The van der Waals surface area contributed by atoms with Crippen LogP contribution in [0.1, 0.15) is 0 Å². The Balaban J connectivity index is 1.65. The van der Waals surface area contributed by atoms with E-state index in [2.05, 4.69) is 10.3 Å². The number of pyridine rings is 1. The van der Waals surface area contributed by atoms with Crippen molar-refractivity contribution in [2.75, 3.05) is 23.4 Å². The molecule has 7 nitrogen and oxygen atoms in total. The van der Waals surface area contributed by atoms with Crippen LogP contribution in [0, 0.1) is 0 Å². The zero-order valence-electron chi connectivity index (χ0n) is 15.2. The van der Waals surface area contributed by atoms with Crippen LogP contribution >= 0.6 is 11.6 Å². The third-order valence-corrected chi connectivity index (χ3v) is 6.59. The molecular weight excluding hydrogens is 412 g/mol. The van der Waals surface area contributed by atoms with Crippen LogP contribution in [0.25, 0.3) is 0 Å². The van der Waals surface area contributed by atoms with Gasteiger partial charge in [0.05, 0.1) is 23.9 Å². The number of fused-ring (bicyclic) bond motifs is 1. The second-order valence-corrected chi connectivity index (χ2v) is 8.69. The van der Waals surface area contributed by atoms with Crippen LogP contribution in [0.4, 0.5) is 17.2 Å². The van der Waals surface area contributed by atoms with E-state index in [1.165, 1.54) is 6.07 Å². The lowest BCUT2D eigenvalue weighted by molar-refractivity contribution is -0.116. The zero-order valence-corrected chi connectivity index (χ0v) is 16.8. The summed E-state index contributed by atoms with van der Waals surface area (Å²) in [4.78, 5) is 18.7. The number of benzene rings is 2. The van der Waals surface area contributed by atoms with E-state index in [0.717, 1.165) is 9.99 Å². The first-order valence-corrected chi connectivity index (χ1v) is 10.6. The number of hydrogen-bond acceptors (Lipinski definition) is 5. The SMILES string of the molecule is O=C(CN1CN(c2ccccc2)c2ncccc2S1(=O)=O)Nc1ccccc1Cl. The van der Waals surface area contributed by atoms with E-state index in [4.69, 9.17) is 11.6 Å². The van der Waals surface area contributed by atoms with Gasteiger partial charge in [0.1, 0.15) is 4.90 Å². The second-order valence-electron chi connectivity index (χ2n) is 6.37. The number of amides is 1. The summed E-state index contributed by atoms with van der Waals surface area (Å²) in [5.74, 6) is -0.150. The van der Waals surface area contributed by atoms with Crippen molar-refractivity contribution in [2.45, 2.75) is 4.90 Å². The maximum Gasteiger partial charge on any atom is 0.248 e. The van der Waals surface area contributed by atoms with E-state index >= 15 is 0 Å². The minimum atomic E-state index is -3.89. The Morgan fingerprint density at radius 3 is 2.52 bits per heavy atom. The minimum absolute atomic E-state index is 0.0354. The zero-order chi connectivity index (χ0) is 20.4. The topological polar surface area (TPSA) is 82.6 Å². The van der Waals surface area contributed by atoms with Gasteiger partial charge in [-0.3, -0.25) is 4.79 Å². The fourth-order valence-electron chi connectivity index (χ4n) is 3.09. The van der Waals surface area contributed by atoms with Gasteiger partial charge >= 0.3 is 0 Å². The summed E-state index contributed by atoms with van der Waals surface area (Å²) in [6, 6.07) is 19.1. The monoisotopic (exact) mass is 428 g/mol. The van der Waals surface area contributed by atoms with Crippen molar-refractivity contribution in [3.05, 3.63) is 77.9 Å². The fourth-order valence-corrected chi connectivity index (χ4v) is 4.75. The average molecular weight is 429 g/mol. The normalized spacial score (nSPS) is 15.6. The van der Waals surface area contributed by atoms with E-state index in [9.17, 15) is 13.2 Å². The molecule has 0 saturated carbocycles. The van der Waals surface area contributed by atoms with Crippen molar-refractivity contribution in [1.82, 2.24) is 9.29 Å². The van der Waals surface area contributed by atoms with Crippen molar-refractivity contribution < 1.29 is 13.2 Å². The quantitative estimate of drug-likeness (QED) is 0.688. The number of para-hydroxylation sites is 2. The molecular formula is C20H17ClN4O3S. The molecule has 1 N–H and O–H groups in total. The molecule has 2 aromatic carbocycles. The summed E-state index contributed by atoms with van der Waals surface area (Å²) >= 11 is 6.07. The molecule has 2 heterocycles. The molecule has 0 saturated heterocycles. The van der Waals surface area contributed by atoms with Crippen molar-refractivity contribution >= 4 is 44.7 Å². The Labute approximate surface area is 173 Å². The highest BCUT2D eigenvalue weighted by Gasteiger charge is 2.37. The highest BCUT2D eigenvalue weighted by Crippen LogP contribution is 2.35. The molecule has 1 aliphatic heterocycles. The summed E-state index contributed by atoms with van der Waals surface area (Å²) in [6.07, 6.45) is 1.55. The first kappa shape index (κ1) is 19.4. The molecule has 1 amide bonds. The van der Waals surface area contributed by atoms with Gasteiger partial charge in [0.15, 0.2) is 5.82 Å². The van der Waals surface area contributed by atoms with E-state index in [-0.39, 0.29) is 18.1 Å². The van der Waals surface area contributed by atoms with E-state index in [1.807, 2.05) is 30.3 Å². The fraction of sp³-hybridized carbons (Fsp3) is 0.100. The summed E-state index contributed by atoms with van der Waals surface area (Å²) in [7, 11) is -3.89. The number of sulfonamides is 1. The molecule has 0 bridgehead atoms. The molecule has 0 aliphatic carbocycles. The number of nitrogens with one attached hydrogen (secondary N) is 1. The van der Waals surface area contributed by atoms with Gasteiger partial charge in [-0.1, -0.05) is 41.9 Å². The molecule has 0 unspecified atom stereocenters. The lowest BCUT2D eigenvalue weighted by Crippen LogP contribution is -2.47. The number of hydrogen-bond donors (Lipinski definition) is 1. The predicted octanol–water partition coefficient (Wildman–Crippen LogP) is 3.47. The van der Waals surface area contributed by atoms with Gasteiger partial charge in [0.2, 0.25) is 15.9 Å². The first-order valence-electron chi connectivity index (χ1n) is 8.79. The minimum Gasteiger partial charge on any atom is -0.324 e.